The van der Waals surface area contributed by atoms with Gasteiger partial charge in [-0.15, -0.1) is 0 Å². The number of pyridine rings is 1. The summed E-state index contributed by atoms with van der Waals surface area (Å²) >= 11 is 1.94. The van der Waals surface area contributed by atoms with E-state index >= 15 is 0 Å². The van der Waals surface area contributed by atoms with E-state index in [1.54, 1.807) is 0 Å². The van der Waals surface area contributed by atoms with Crippen LogP contribution in [0.4, 0.5) is 0 Å². The van der Waals surface area contributed by atoms with E-state index < -0.39 is 0 Å². The molecule has 16 heavy (non-hydrogen) atoms. The molecule has 1 aromatic carbocycles. The second kappa shape index (κ2) is 3.63. The summed E-state index contributed by atoms with van der Waals surface area (Å²) < 4.78 is 2.38. The summed E-state index contributed by atoms with van der Waals surface area (Å²) in [5, 5.41) is 0. The lowest BCUT2D eigenvalue weighted by molar-refractivity contribution is -0.672. The van der Waals surface area contributed by atoms with Crippen molar-refractivity contribution in [3.63, 3.8) is 0 Å². The molecule has 0 saturated carbocycles. The van der Waals surface area contributed by atoms with Crippen LogP contribution in [0.2, 0.25) is 0 Å². The van der Waals surface area contributed by atoms with Gasteiger partial charge < -0.3 is 0 Å². The van der Waals surface area contributed by atoms with Crippen LogP contribution in [0.3, 0.4) is 0 Å². The maximum Gasteiger partial charge on any atom is 0.214 e. The molecule has 2 aromatic rings. The van der Waals surface area contributed by atoms with Crippen LogP contribution in [-0.2, 0) is 5.88 Å². The number of thioether (sulfide) groups is 1. The van der Waals surface area contributed by atoms with Crippen molar-refractivity contribution in [1.82, 2.24) is 0 Å². The van der Waals surface area contributed by atoms with Crippen LogP contribution < -0.4 is 4.57 Å². The van der Waals surface area contributed by atoms with Crippen LogP contribution in [-0.4, -0.2) is 0 Å². The molecule has 0 N–H and O–H groups in total. The van der Waals surface area contributed by atoms with Gasteiger partial charge in [-0.1, -0.05) is 23.9 Å². The summed E-state index contributed by atoms with van der Waals surface area (Å²) in [7, 11) is 0. The fourth-order valence-corrected chi connectivity index (χ4v) is 3.45. The summed E-state index contributed by atoms with van der Waals surface area (Å²) in [5.74, 6) is 1.03. The van der Waals surface area contributed by atoms with Crippen LogP contribution in [0.1, 0.15) is 11.3 Å². The van der Waals surface area contributed by atoms with Crippen LogP contribution in [0.15, 0.2) is 41.3 Å². The van der Waals surface area contributed by atoms with Crippen molar-refractivity contribution in [2.75, 3.05) is 0 Å². The van der Waals surface area contributed by atoms with Crippen molar-refractivity contribution in [3.8, 4) is 11.3 Å². The third-order valence-corrected chi connectivity index (χ3v) is 4.35. The Hall–Kier alpha value is -1.28. The zero-order valence-corrected chi connectivity index (χ0v) is 10.3. The van der Waals surface area contributed by atoms with Crippen LogP contribution >= 0.6 is 11.8 Å². The number of aromatic nitrogens is 1. The van der Waals surface area contributed by atoms with Gasteiger partial charge in [-0.2, -0.15) is 4.57 Å². The highest BCUT2D eigenvalue weighted by Gasteiger charge is 2.25. The van der Waals surface area contributed by atoms with Crippen molar-refractivity contribution in [1.29, 1.82) is 0 Å². The molecule has 0 aliphatic carbocycles. The molecule has 2 heterocycles. The molecule has 1 aliphatic rings. The van der Waals surface area contributed by atoms with Crippen molar-refractivity contribution in [2.24, 2.45) is 0 Å². The van der Waals surface area contributed by atoms with Crippen molar-refractivity contribution >= 4 is 11.8 Å². The first-order chi connectivity index (χ1) is 7.77. The Bertz CT molecular complexity index is 509. The average molecular weight is 228 g/mol. The summed E-state index contributed by atoms with van der Waals surface area (Å²) in [5.41, 5.74) is 5.44. The van der Waals surface area contributed by atoms with Gasteiger partial charge in [0.05, 0.1) is 5.56 Å². The third kappa shape index (κ3) is 1.37. The highest BCUT2D eigenvalue weighted by Crippen LogP contribution is 2.36. The molecule has 0 saturated heterocycles. The van der Waals surface area contributed by atoms with Crippen molar-refractivity contribution in [3.05, 3.63) is 47.7 Å². The number of hydrogen-bond acceptors (Lipinski definition) is 1. The summed E-state index contributed by atoms with van der Waals surface area (Å²) in [6, 6.07) is 13.1. The zero-order valence-electron chi connectivity index (χ0n) is 9.53. The number of benzene rings is 1. The molecule has 0 amide bonds. The second-order valence-electron chi connectivity index (χ2n) is 4.21. The summed E-state index contributed by atoms with van der Waals surface area (Å²) in [6.45, 7) is 4.36. The zero-order chi connectivity index (χ0) is 11.1. The fourth-order valence-electron chi connectivity index (χ4n) is 2.23. The van der Waals surface area contributed by atoms with E-state index in [-0.39, 0.29) is 0 Å². The molecule has 3 rings (SSSR count). The molecule has 0 atom stereocenters. The van der Waals surface area contributed by atoms with Gasteiger partial charge in [0, 0.05) is 24.0 Å². The minimum Gasteiger partial charge on any atom is -0.186 e. The number of rotatable bonds is 0. The van der Waals surface area contributed by atoms with E-state index in [9.17, 15) is 0 Å². The van der Waals surface area contributed by atoms with Crippen LogP contribution in [0, 0.1) is 13.8 Å². The topological polar surface area (TPSA) is 3.88 Å². The normalized spacial score (nSPS) is 13.1. The van der Waals surface area contributed by atoms with E-state index in [1.807, 2.05) is 11.8 Å². The number of fused-ring (bicyclic) bond motifs is 3. The summed E-state index contributed by atoms with van der Waals surface area (Å²) in [4.78, 5) is 1.44. The standard InChI is InChI=1S/C14H14NS/c1-10-5-3-7-12-13-8-4-6-11(2)15(13)9-16-14(10)12/h3-8H,9H2,1-2H3/q+1. The second-order valence-corrected chi connectivity index (χ2v) is 5.16. The monoisotopic (exact) mass is 228 g/mol. The first kappa shape index (κ1) is 9.91. The predicted octanol–water partition coefficient (Wildman–Crippen LogP) is 3.32. The van der Waals surface area contributed by atoms with E-state index in [1.165, 1.54) is 27.4 Å². The Balaban J connectivity index is 2.32. The number of nitrogens with zero attached hydrogens (tertiary/aromatic N) is 1. The molecule has 1 aliphatic heterocycles. The summed E-state index contributed by atoms with van der Waals surface area (Å²) in [6.07, 6.45) is 0. The SMILES string of the molecule is Cc1cccc2c1SC[n+]1c(C)cccc1-2. The Morgan fingerprint density at radius 3 is 2.75 bits per heavy atom. The largest absolute Gasteiger partial charge is 0.214 e. The highest BCUT2D eigenvalue weighted by molar-refractivity contribution is 7.98. The lowest BCUT2D eigenvalue weighted by Crippen LogP contribution is -2.40. The van der Waals surface area contributed by atoms with Gasteiger partial charge >= 0.3 is 0 Å². The molecular weight excluding hydrogens is 214 g/mol. The molecule has 0 unspecified atom stereocenters. The molecule has 1 nitrogen and oxygen atoms in total. The first-order valence-corrected chi connectivity index (χ1v) is 6.48. The Morgan fingerprint density at radius 1 is 1.06 bits per heavy atom. The van der Waals surface area contributed by atoms with Gasteiger partial charge in [-0.25, -0.2) is 0 Å². The maximum atomic E-state index is 2.38. The molecule has 1 aromatic heterocycles. The minimum absolute atomic E-state index is 1.03. The van der Waals surface area contributed by atoms with Crippen LogP contribution in [0.25, 0.3) is 11.3 Å². The molecule has 80 valence electrons. The van der Waals surface area contributed by atoms with Gasteiger partial charge in [-0.3, -0.25) is 0 Å². The number of aryl methyl sites for hydroxylation is 2. The molecule has 0 radical (unpaired) electrons. The highest BCUT2D eigenvalue weighted by atomic mass is 32.2. The molecule has 0 bridgehead atoms. The van der Waals surface area contributed by atoms with Gasteiger partial charge in [0.25, 0.3) is 0 Å². The maximum absolute atomic E-state index is 2.38. The molecule has 0 fully saturated rings. The smallest absolute Gasteiger partial charge is 0.186 e. The van der Waals surface area contributed by atoms with E-state index in [0.717, 1.165) is 5.88 Å². The average Bonchev–Trinajstić information content (AvgIpc) is 2.30. The first-order valence-electron chi connectivity index (χ1n) is 5.49. The minimum atomic E-state index is 1.03. The Morgan fingerprint density at radius 2 is 1.88 bits per heavy atom. The van der Waals surface area contributed by atoms with Gasteiger partial charge in [0.1, 0.15) is 0 Å². The van der Waals surface area contributed by atoms with E-state index in [4.69, 9.17) is 0 Å². The predicted molar refractivity (Wildman–Crippen MR) is 67.4 cm³/mol. The van der Waals surface area contributed by atoms with Crippen molar-refractivity contribution < 1.29 is 4.57 Å². The quantitative estimate of drug-likeness (QED) is 0.626. The van der Waals surface area contributed by atoms with Gasteiger partial charge in [-0.05, 0) is 24.6 Å². The van der Waals surface area contributed by atoms with Gasteiger partial charge in [0.2, 0.25) is 5.69 Å². The van der Waals surface area contributed by atoms with E-state index in [0.29, 0.717) is 0 Å². The van der Waals surface area contributed by atoms with E-state index in [2.05, 4.69) is 54.8 Å². The lowest BCUT2D eigenvalue weighted by atomic mass is 10.1. The molecule has 0 spiro atoms. The van der Waals surface area contributed by atoms with Crippen molar-refractivity contribution in [2.45, 2.75) is 24.6 Å². The third-order valence-electron chi connectivity index (χ3n) is 3.13. The lowest BCUT2D eigenvalue weighted by Gasteiger charge is -2.16. The van der Waals surface area contributed by atoms with Gasteiger partial charge in [0.15, 0.2) is 11.6 Å². The Labute approximate surface area is 100 Å². The molecular formula is C14H14NS+. The Kier molecular flexibility index (Phi) is 2.25. The fraction of sp³-hybridized carbons (Fsp3) is 0.214. The molecule has 2 heteroatoms. The number of hydrogen-bond donors (Lipinski definition) is 0. The van der Waals surface area contributed by atoms with Crippen LogP contribution in [0.5, 0.6) is 0 Å².